The molecule has 0 bridgehead atoms. The van der Waals surface area contributed by atoms with Crippen molar-refractivity contribution in [2.24, 2.45) is 0 Å². The molecule has 0 spiro atoms. The van der Waals surface area contributed by atoms with Crippen LogP contribution in [0.25, 0.3) is 6.08 Å². The largest absolute Gasteiger partial charge is 0.344 e. The van der Waals surface area contributed by atoms with E-state index in [0.29, 0.717) is 6.26 Å². The summed E-state index contributed by atoms with van der Waals surface area (Å²) in [5.74, 6) is 2.68. The van der Waals surface area contributed by atoms with E-state index < -0.39 is 10.1 Å². The Labute approximate surface area is 108 Å². The number of hydrogen-bond donors (Lipinski definition) is 2. The van der Waals surface area contributed by atoms with Gasteiger partial charge in [0.05, 0.1) is 6.26 Å². The first-order chi connectivity index (χ1) is 7.90. The minimum absolute atomic E-state index is 0. The van der Waals surface area contributed by atoms with Gasteiger partial charge in [0.1, 0.15) is 0 Å². The van der Waals surface area contributed by atoms with E-state index in [1.807, 2.05) is 0 Å². The van der Waals surface area contributed by atoms with E-state index >= 15 is 0 Å². The summed E-state index contributed by atoms with van der Waals surface area (Å²) in [6.45, 7) is 0. The molecule has 0 aliphatic heterocycles. The minimum atomic E-state index is -3.67. The number of hydrogen-bond acceptors (Lipinski definition) is 3. The van der Waals surface area contributed by atoms with Crippen molar-refractivity contribution in [3.63, 3.8) is 0 Å². The van der Waals surface area contributed by atoms with Crippen molar-refractivity contribution in [2.75, 3.05) is 6.26 Å². The third-order valence-corrected chi connectivity index (χ3v) is 2.16. The number of fused-ring (bicyclic) bond motifs is 1. The summed E-state index contributed by atoms with van der Waals surface area (Å²) in [7, 11) is -3.67. The Bertz CT molecular complexity index is 560. The normalized spacial score (nSPS) is 12.2. The second kappa shape index (κ2) is 6.97. The lowest BCUT2D eigenvalue weighted by molar-refractivity contribution is 0.490. The maximum Gasteiger partial charge on any atom is 0.261 e. The van der Waals surface area contributed by atoms with Crippen molar-refractivity contribution in [3.05, 3.63) is 41.0 Å². The molecule has 2 rings (SSSR count). The second-order valence-electron chi connectivity index (χ2n) is 3.79. The predicted molar refractivity (Wildman–Crippen MR) is 74.1 cm³/mol. The van der Waals surface area contributed by atoms with E-state index in [-0.39, 0.29) is 6.15 Å². The molecule has 18 heavy (non-hydrogen) atoms. The van der Waals surface area contributed by atoms with Crippen LogP contribution >= 0.6 is 0 Å². The van der Waals surface area contributed by atoms with Gasteiger partial charge in [-0.3, -0.25) is 4.55 Å². The fourth-order valence-electron chi connectivity index (χ4n) is 1.60. The zero-order valence-corrected chi connectivity index (χ0v) is 11.1. The van der Waals surface area contributed by atoms with Crippen LogP contribution in [0.2, 0.25) is 0 Å². The Morgan fingerprint density at radius 1 is 1.39 bits per heavy atom. The Hall–Kier alpha value is -1.61. The molecule has 0 heterocycles. The Balaban J connectivity index is 0.000000421. The monoisotopic (exact) mass is 267 g/mol. The molecule has 98 valence electrons. The highest BCUT2D eigenvalue weighted by atomic mass is 32.2. The molecular weight excluding hydrogens is 250 g/mol. The molecule has 0 atom stereocenters. The van der Waals surface area contributed by atoms with Crippen LogP contribution < -0.4 is 6.15 Å². The zero-order valence-electron chi connectivity index (χ0n) is 10.3. The van der Waals surface area contributed by atoms with Gasteiger partial charge < -0.3 is 6.15 Å². The summed E-state index contributed by atoms with van der Waals surface area (Å²) in [5, 5.41) is 0. The van der Waals surface area contributed by atoms with Crippen LogP contribution in [-0.4, -0.2) is 19.2 Å². The van der Waals surface area contributed by atoms with Gasteiger partial charge in [0.2, 0.25) is 0 Å². The van der Waals surface area contributed by atoms with Gasteiger partial charge in [-0.15, -0.1) is 12.3 Å². The highest BCUT2D eigenvalue weighted by molar-refractivity contribution is 7.85. The van der Waals surface area contributed by atoms with Gasteiger partial charge in [-0.05, 0) is 17.5 Å². The van der Waals surface area contributed by atoms with Crippen LogP contribution in [-0.2, 0) is 16.5 Å². The third kappa shape index (κ3) is 6.21. The van der Waals surface area contributed by atoms with Crippen molar-refractivity contribution >= 4 is 16.2 Å². The van der Waals surface area contributed by atoms with E-state index in [2.05, 4.69) is 36.3 Å². The first kappa shape index (κ1) is 16.4. The maximum absolute atomic E-state index is 9.19. The molecule has 1 aliphatic rings. The molecule has 0 saturated carbocycles. The van der Waals surface area contributed by atoms with Gasteiger partial charge in [0.25, 0.3) is 10.1 Å². The number of benzene rings is 1. The lowest BCUT2D eigenvalue weighted by atomic mass is 10.1. The van der Waals surface area contributed by atoms with Gasteiger partial charge in [-0.1, -0.05) is 35.9 Å². The molecule has 1 aliphatic carbocycles. The predicted octanol–water partition coefficient (Wildman–Crippen LogP) is 2.32. The van der Waals surface area contributed by atoms with Crippen LogP contribution in [0.5, 0.6) is 0 Å². The molecule has 1 aromatic carbocycles. The van der Waals surface area contributed by atoms with Gasteiger partial charge in [0.15, 0.2) is 0 Å². The first-order valence-corrected chi connectivity index (χ1v) is 6.88. The molecule has 0 saturated heterocycles. The van der Waals surface area contributed by atoms with E-state index in [4.69, 9.17) is 11.0 Å². The number of rotatable bonds is 1. The van der Waals surface area contributed by atoms with Gasteiger partial charge in [-0.2, -0.15) is 8.42 Å². The lowest BCUT2D eigenvalue weighted by Crippen LogP contribution is -1.88. The Morgan fingerprint density at radius 3 is 2.44 bits per heavy atom. The zero-order chi connectivity index (χ0) is 12.9. The molecule has 0 fully saturated rings. The molecule has 0 aromatic heterocycles. The van der Waals surface area contributed by atoms with Gasteiger partial charge in [-0.25, -0.2) is 0 Å². The van der Waals surface area contributed by atoms with Crippen molar-refractivity contribution in [3.8, 4) is 12.3 Å². The smallest absolute Gasteiger partial charge is 0.261 e. The van der Waals surface area contributed by atoms with Crippen molar-refractivity contribution in [1.29, 1.82) is 0 Å². The van der Waals surface area contributed by atoms with Crippen LogP contribution in [0.15, 0.2) is 29.8 Å². The summed E-state index contributed by atoms with van der Waals surface area (Å²) < 4.78 is 25.9. The first-order valence-electron chi connectivity index (χ1n) is 5.03. The standard InChI is InChI=1S/C12H10.CH4O3S.H3N/c1-2-5-10-8-11-6-3-4-7-12(11)9-10;1-5(2,3)4;/h1,3-4,6-8H,5,9H2;1H3,(H,2,3,4);1H3. The summed E-state index contributed by atoms with van der Waals surface area (Å²) in [6.07, 6.45) is 10.00. The molecule has 1 aromatic rings. The highest BCUT2D eigenvalue weighted by Crippen LogP contribution is 2.25. The van der Waals surface area contributed by atoms with E-state index in [9.17, 15) is 8.42 Å². The van der Waals surface area contributed by atoms with E-state index in [1.54, 1.807) is 0 Å². The molecule has 0 amide bonds. The molecule has 4 nitrogen and oxygen atoms in total. The van der Waals surface area contributed by atoms with Gasteiger partial charge >= 0.3 is 0 Å². The Morgan fingerprint density at radius 2 is 1.94 bits per heavy atom. The highest BCUT2D eigenvalue weighted by Gasteiger charge is 2.09. The number of allylic oxidation sites excluding steroid dienone is 1. The fraction of sp³-hybridized carbons (Fsp3) is 0.231. The molecule has 0 radical (unpaired) electrons. The molecule has 4 N–H and O–H groups in total. The summed E-state index contributed by atoms with van der Waals surface area (Å²) in [6, 6.07) is 8.44. The van der Waals surface area contributed by atoms with E-state index in [0.717, 1.165) is 12.8 Å². The topological polar surface area (TPSA) is 89.4 Å². The summed E-state index contributed by atoms with van der Waals surface area (Å²) in [5.41, 5.74) is 4.10. The van der Waals surface area contributed by atoms with Crippen molar-refractivity contribution in [2.45, 2.75) is 12.8 Å². The molecular formula is C13H17NO3S. The SMILES string of the molecule is C#CCC1=Cc2ccccc2C1.CS(=O)(=O)O.N. The second-order valence-corrected chi connectivity index (χ2v) is 5.26. The maximum atomic E-state index is 9.19. The van der Waals surface area contributed by atoms with Crippen LogP contribution in [0.4, 0.5) is 0 Å². The molecule has 0 unspecified atom stereocenters. The van der Waals surface area contributed by atoms with Crippen LogP contribution in [0, 0.1) is 12.3 Å². The van der Waals surface area contributed by atoms with Gasteiger partial charge in [0, 0.05) is 6.42 Å². The summed E-state index contributed by atoms with van der Waals surface area (Å²) >= 11 is 0. The average Bonchev–Trinajstić information content (AvgIpc) is 2.57. The fourth-order valence-corrected chi connectivity index (χ4v) is 1.60. The van der Waals surface area contributed by atoms with Crippen molar-refractivity contribution < 1.29 is 13.0 Å². The van der Waals surface area contributed by atoms with E-state index in [1.165, 1.54) is 16.7 Å². The Kier molecular flexibility index (Phi) is 6.34. The van der Waals surface area contributed by atoms with Crippen LogP contribution in [0.1, 0.15) is 17.5 Å². The van der Waals surface area contributed by atoms with Crippen LogP contribution in [0.3, 0.4) is 0 Å². The third-order valence-electron chi connectivity index (χ3n) is 2.16. The average molecular weight is 267 g/mol. The lowest BCUT2D eigenvalue weighted by Gasteiger charge is -1.95. The minimum Gasteiger partial charge on any atom is -0.344 e. The van der Waals surface area contributed by atoms with Crippen molar-refractivity contribution in [1.82, 2.24) is 6.15 Å². The summed E-state index contributed by atoms with van der Waals surface area (Å²) in [4.78, 5) is 0. The molecule has 5 heteroatoms. The number of terminal acetylenes is 1. The quantitative estimate of drug-likeness (QED) is 0.603.